The van der Waals surface area contributed by atoms with Crippen LogP contribution in [-0.4, -0.2) is 20.6 Å². The third kappa shape index (κ3) is 3.89. The molecule has 4 nitrogen and oxygen atoms in total. The molecule has 0 atom stereocenters. The first kappa shape index (κ1) is 15.7. The van der Waals surface area contributed by atoms with E-state index >= 15 is 0 Å². The Morgan fingerprint density at radius 3 is 2.29 bits per heavy atom. The Kier molecular flexibility index (Phi) is 4.43. The van der Waals surface area contributed by atoms with Gasteiger partial charge in [0, 0.05) is 16.4 Å². The zero-order chi connectivity index (χ0) is 15.6. The van der Waals surface area contributed by atoms with Crippen LogP contribution >= 0.6 is 15.9 Å². The van der Waals surface area contributed by atoms with Crippen LogP contribution in [0.25, 0.3) is 0 Å². The van der Waals surface area contributed by atoms with Crippen molar-refractivity contribution in [2.75, 3.05) is 11.6 Å². The molecule has 0 unspecified atom stereocenters. The van der Waals surface area contributed by atoms with Gasteiger partial charge in [-0.3, -0.25) is 4.79 Å². The summed E-state index contributed by atoms with van der Waals surface area (Å²) in [6.45, 7) is 0. The van der Waals surface area contributed by atoms with E-state index in [0.29, 0.717) is 10.2 Å². The second-order valence-electron chi connectivity index (χ2n) is 4.37. The van der Waals surface area contributed by atoms with Crippen molar-refractivity contribution < 1.29 is 17.6 Å². The number of benzene rings is 2. The molecule has 21 heavy (non-hydrogen) atoms. The molecule has 0 aliphatic heterocycles. The molecule has 0 aliphatic carbocycles. The number of amides is 1. The smallest absolute Gasteiger partial charge is 0.256 e. The lowest BCUT2D eigenvalue weighted by Crippen LogP contribution is -2.12. The van der Waals surface area contributed by atoms with E-state index in [9.17, 15) is 17.6 Å². The van der Waals surface area contributed by atoms with Gasteiger partial charge in [-0.15, -0.1) is 0 Å². The van der Waals surface area contributed by atoms with Gasteiger partial charge in [0.15, 0.2) is 9.84 Å². The molecule has 0 saturated carbocycles. The first-order valence-electron chi connectivity index (χ1n) is 5.84. The molecule has 110 valence electrons. The van der Waals surface area contributed by atoms with Gasteiger partial charge in [-0.05, 0) is 58.4 Å². The summed E-state index contributed by atoms with van der Waals surface area (Å²) in [6, 6.07) is 9.54. The minimum atomic E-state index is -3.27. The van der Waals surface area contributed by atoms with Gasteiger partial charge in [0.05, 0.1) is 10.5 Å². The van der Waals surface area contributed by atoms with Crippen molar-refractivity contribution in [2.24, 2.45) is 0 Å². The van der Waals surface area contributed by atoms with Crippen molar-refractivity contribution in [3.63, 3.8) is 0 Å². The van der Waals surface area contributed by atoms with Crippen LogP contribution in [0.3, 0.4) is 0 Å². The number of sulfone groups is 1. The van der Waals surface area contributed by atoms with Crippen LogP contribution < -0.4 is 5.32 Å². The van der Waals surface area contributed by atoms with E-state index < -0.39 is 21.6 Å². The van der Waals surface area contributed by atoms with Gasteiger partial charge in [0.2, 0.25) is 0 Å². The van der Waals surface area contributed by atoms with Gasteiger partial charge in [0.1, 0.15) is 5.82 Å². The molecule has 0 saturated heterocycles. The normalized spacial score (nSPS) is 11.2. The second kappa shape index (κ2) is 5.95. The summed E-state index contributed by atoms with van der Waals surface area (Å²) in [6.07, 6.45) is 1.11. The quantitative estimate of drug-likeness (QED) is 0.900. The van der Waals surface area contributed by atoms with Crippen LogP contribution in [0, 0.1) is 5.82 Å². The van der Waals surface area contributed by atoms with Gasteiger partial charge in [-0.2, -0.15) is 0 Å². The zero-order valence-corrected chi connectivity index (χ0v) is 13.3. The van der Waals surface area contributed by atoms with Gasteiger partial charge >= 0.3 is 0 Å². The summed E-state index contributed by atoms with van der Waals surface area (Å²) < 4.78 is 36.0. The first-order chi connectivity index (χ1) is 9.77. The number of carbonyl (C=O) groups excluding carboxylic acids is 1. The second-order valence-corrected chi connectivity index (χ2v) is 7.24. The topological polar surface area (TPSA) is 63.2 Å². The number of rotatable bonds is 3. The highest BCUT2D eigenvalue weighted by Crippen LogP contribution is 2.20. The summed E-state index contributed by atoms with van der Waals surface area (Å²) in [4.78, 5) is 12.2. The van der Waals surface area contributed by atoms with Crippen molar-refractivity contribution in [3.05, 3.63) is 58.3 Å². The SMILES string of the molecule is CS(=O)(=O)c1ccc(NC(=O)c2ccc(F)cc2Br)cc1. The zero-order valence-electron chi connectivity index (χ0n) is 10.9. The van der Waals surface area contributed by atoms with E-state index in [2.05, 4.69) is 21.2 Å². The molecule has 2 aromatic rings. The number of halogens is 2. The van der Waals surface area contributed by atoms with E-state index in [1.165, 1.54) is 42.5 Å². The Morgan fingerprint density at radius 2 is 1.76 bits per heavy atom. The summed E-state index contributed by atoms with van der Waals surface area (Å²) in [7, 11) is -3.27. The monoisotopic (exact) mass is 371 g/mol. The highest BCUT2D eigenvalue weighted by molar-refractivity contribution is 9.10. The Hall–Kier alpha value is -1.73. The number of carbonyl (C=O) groups is 1. The number of nitrogens with one attached hydrogen (secondary N) is 1. The predicted molar refractivity (Wildman–Crippen MR) is 81.6 cm³/mol. The summed E-state index contributed by atoms with van der Waals surface area (Å²) in [5.74, 6) is -0.870. The summed E-state index contributed by atoms with van der Waals surface area (Å²) in [5, 5.41) is 2.61. The van der Waals surface area contributed by atoms with Gasteiger partial charge in [0.25, 0.3) is 5.91 Å². The first-order valence-corrected chi connectivity index (χ1v) is 8.52. The Morgan fingerprint density at radius 1 is 1.14 bits per heavy atom. The van der Waals surface area contributed by atoms with Crippen LogP contribution in [0.2, 0.25) is 0 Å². The standard InChI is InChI=1S/C14H11BrFNO3S/c1-21(19,20)11-5-3-10(4-6-11)17-14(18)12-7-2-9(16)8-13(12)15/h2-8H,1H3,(H,17,18). The van der Waals surface area contributed by atoms with Crippen molar-refractivity contribution >= 4 is 37.4 Å². The third-order valence-electron chi connectivity index (χ3n) is 2.72. The largest absolute Gasteiger partial charge is 0.322 e. The van der Waals surface area contributed by atoms with Crippen molar-refractivity contribution in [3.8, 4) is 0 Å². The minimum Gasteiger partial charge on any atom is -0.322 e. The maximum absolute atomic E-state index is 13.0. The predicted octanol–water partition coefficient (Wildman–Crippen LogP) is 3.24. The molecular weight excluding hydrogens is 361 g/mol. The van der Waals surface area contributed by atoms with Crippen LogP contribution in [-0.2, 0) is 9.84 Å². The average molecular weight is 372 g/mol. The maximum atomic E-state index is 13.0. The van der Waals surface area contributed by atoms with Crippen LogP contribution in [0.15, 0.2) is 51.8 Å². The van der Waals surface area contributed by atoms with Crippen LogP contribution in [0.4, 0.5) is 10.1 Å². The molecule has 0 radical (unpaired) electrons. The fourth-order valence-corrected chi connectivity index (χ4v) is 2.82. The highest BCUT2D eigenvalue weighted by Gasteiger charge is 2.12. The van der Waals surface area contributed by atoms with E-state index in [1.54, 1.807) is 0 Å². The summed E-state index contributed by atoms with van der Waals surface area (Å²) >= 11 is 3.12. The number of hydrogen-bond donors (Lipinski definition) is 1. The lowest BCUT2D eigenvalue weighted by atomic mass is 10.2. The van der Waals surface area contributed by atoms with Crippen molar-refractivity contribution in [2.45, 2.75) is 4.90 Å². The molecular formula is C14H11BrFNO3S. The molecule has 2 aromatic carbocycles. The average Bonchev–Trinajstić information content (AvgIpc) is 2.38. The molecule has 0 aliphatic rings. The van der Waals surface area contributed by atoms with Gasteiger partial charge < -0.3 is 5.32 Å². The van der Waals surface area contributed by atoms with Crippen LogP contribution in [0.1, 0.15) is 10.4 Å². The maximum Gasteiger partial charge on any atom is 0.256 e. The molecule has 2 rings (SSSR count). The lowest BCUT2D eigenvalue weighted by Gasteiger charge is -2.07. The Bertz CT molecular complexity index is 788. The highest BCUT2D eigenvalue weighted by atomic mass is 79.9. The third-order valence-corrected chi connectivity index (χ3v) is 4.50. The minimum absolute atomic E-state index is 0.170. The van der Waals surface area contributed by atoms with Crippen LogP contribution in [0.5, 0.6) is 0 Å². The molecule has 0 heterocycles. The van der Waals surface area contributed by atoms with E-state index in [-0.39, 0.29) is 10.5 Å². The molecule has 1 amide bonds. The van der Waals surface area contributed by atoms with E-state index in [1.807, 2.05) is 0 Å². The fraction of sp³-hybridized carbons (Fsp3) is 0.0714. The lowest BCUT2D eigenvalue weighted by molar-refractivity contribution is 0.102. The fourth-order valence-electron chi connectivity index (χ4n) is 1.66. The van der Waals surface area contributed by atoms with Crippen molar-refractivity contribution in [1.29, 1.82) is 0 Å². The Labute approximate surface area is 130 Å². The van der Waals surface area contributed by atoms with Gasteiger partial charge in [-0.1, -0.05) is 0 Å². The Balaban J connectivity index is 2.20. The summed E-state index contributed by atoms with van der Waals surface area (Å²) in [5.41, 5.74) is 0.729. The van der Waals surface area contributed by atoms with E-state index in [4.69, 9.17) is 0 Å². The van der Waals surface area contributed by atoms with Crippen molar-refractivity contribution in [1.82, 2.24) is 0 Å². The molecule has 1 N–H and O–H groups in total. The molecule has 0 spiro atoms. The number of hydrogen-bond acceptors (Lipinski definition) is 3. The van der Waals surface area contributed by atoms with Gasteiger partial charge in [-0.25, -0.2) is 12.8 Å². The molecule has 0 fully saturated rings. The molecule has 0 bridgehead atoms. The molecule has 7 heteroatoms. The molecule has 0 aromatic heterocycles. The number of anilines is 1. The van der Waals surface area contributed by atoms with E-state index in [0.717, 1.165) is 6.26 Å².